The number of hydrogen-bond acceptors (Lipinski definition) is 5. The van der Waals surface area contributed by atoms with Gasteiger partial charge in [-0.3, -0.25) is 0 Å². The molecule has 0 radical (unpaired) electrons. The Morgan fingerprint density at radius 3 is 2.59 bits per heavy atom. The van der Waals surface area contributed by atoms with Crippen LogP contribution in [-0.2, 0) is 4.79 Å². The van der Waals surface area contributed by atoms with Crippen LogP contribution in [0.25, 0.3) is 5.52 Å². The zero-order valence-corrected chi connectivity index (χ0v) is 16.2. The van der Waals surface area contributed by atoms with Crippen LogP contribution in [0.15, 0.2) is 6.20 Å². The van der Waals surface area contributed by atoms with E-state index in [1.54, 1.807) is 0 Å². The van der Waals surface area contributed by atoms with E-state index in [2.05, 4.69) is 20.7 Å². The molecule has 0 bridgehead atoms. The molecule has 3 rings (SSSR count). The first-order valence-corrected chi connectivity index (χ1v) is 8.95. The highest BCUT2D eigenvalue weighted by atomic mass is 35.5. The molecule has 7 nitrogen and oxygen atoms in total. The normalized spacial score (nSPS) is 19.8. The van der Waals surface area contributed by atoms with Crippen LogP contribution < -0.4 is 10.6 Å². The number of carboxylic acid groups (broad SMARTS) is 1. The second-order valence-corrected chi connectivity index (χ2v) is 6.99. The monoisotopic (exact) mass is 443 g/mol. The summed E-state index contributed by atoms with van der Waals surface area (Å²) in [5.41, 5.74) is 0.808. The average Bonchev–Trinajstić information content (AvgIpc) is 2.87. The third-order valence-electron chi connectivity index (χ3n) is 4.11. The van der Waals surface area contributed by atoms with Gasteiger partial charge in [-0.1, -0.05) is 25.4 Å². The third kappa shape index (κ3) is 5.44. The fourth-order valence-electron chi connectivity index (χ4n) is 2.72. The maximum absolute atomic E-state index is 14.1. The van der Waals surface area contributed by atoms with Crippen LogP contribution >= 0.6 is 11.6 Å². The molecule has 3 heterocycles. The highest BCUT2D eigenvalue weighted by Gasteiger charge is 2.38. The van der Waals surface area contributed by atoms with Crippen LogP contribution in [0.1, 0.15) is 31.9 Å². The van der Waals surface area contributed by atoms with Crippen molar-refractivity contribution >= 4 is 29.0 Å². The number of carboxylic acids is 1. The van der Waals surface area contributed by atoms with Gasteiger partial charge in [0.15, 0.2) is 5.82 Å². The Morgan fingerprint density at radius 2 is 2.07 bits per heavy atom. The molecule has 0 aliphatic carbocycles. The summed E-state index contributed by atoms with van der Waals surface area (Å²) in [6.07, 6.45) is -4.08. The lowest BCUT2D eigenvalue weighted by molar-refractivity contribution is -0.192. The number of fused-ring (bicyclic) bond motifs is 1. The van der Waals surface area contributed by atoms with E-state index in [1.807, 2.05) is 13.8 Å². The SMILES string of the molecule is CC(C)c1c(Cl)c(F)c2cnc(N[C@@H]3CCNC[C@H]3F)nn12.O=C(O)C(F)(F)F. The van der Waals surface area contributed by atoms with Crippen LogP contribution in [0.4, 0.5) is 27.9 Å². The lowest BCUT2D eigenvalue weighted by atomic mass is 10.1. The highest BCUT2D eigenvalue weighted by molar-refractivity contribution is 6.32. The fraction of sp³-hybridized carbons (Fsp3) is 0.562. The lowest BCUT2D eigenvalue weighted by Gasteiger charge is -2.27. The number of hydrogen-bond donors (Lipinski definition) is 3. The predicted molar refractivity (Wildman–Crippen MR) is 95.5 cm³/mol. The molecule has 1 aliphatic rings. The Kier molecular flexibility index (Phi) is 7.22. The van der Waals surface area contributed by atoms with Gasteiger partial charge in [-0.2, -0.15) is 13.2 Å². The maximum Gasteiger partial charge on any atom is 0.490 e. The molecule has 29 heavy (non-hydrogen) atoms. The Hall–Kier alpha value is -2.21. The second kappa shape index (κ2) is 9.08. The number of anilines is 1. The minimum absolute atomic E-state index is 0.0000502. The summed E-state index contributed by atoms with van der Waals surface area (Å²) in [7, 11) is 0. The van der Waals surface area contributed by atoms with Gasteiger partial charge < -0.3 is 15.7 Å². The molecule has 0 saturated carbocycles. The van der Waals surface area contributed by atoms with Gasteiger partial charge in [0.05, 0.1) is 17.9 Å². The molecule has 2 aromatic heterocycles. The summed E-state index contributed by atoms with van der Waals surface area (Å²) in [4.78, 5) is 13.0. The molecule has 1 saturated heterocycles. The van der Waals surface area contributed by atoms with Crippen molar-refractivity contribution in [3.05, 3.63) is 22.7 Å². The third-order valence-corrected chi connectivity index (χ3v) is 4.47. The molecule has 0 amide bonds. The Bertz CT molecular complexity index is 873. The van der Waals surface area contributed by atoms with Crippen molar-refractivity contribution < 1.29 is 31.9 Å². The van der Waals surface area contributed by atoms with Crippen LogP contribution in [0.3, 0.4) is 0 Å². The number of alkyl halides is 4. The minimum atomic E-state index is -5.08. The van der Waals surface area contributed by atoms with Crippen LogP contribution in [0, 0.1) is 5.82 Å². The van der Waals surface area contributed by atoms with Crippen LogP contribution in [0.5, 0.6) is 0 Å². The van der Waals surface area contributed by atoms with Crippen molar-refractivity contribution in [1.29, 1.82) is 0 Å². The van der Waals surface area contributed by atoms with E-state index in [9.17, 15) is 22.0 Å². The first-order chi connectivity index (χ1) is 13.4. The quantitative estimate of drug-likeness (QED) is 0.630. The van der Waals surface area contributed by atoms with Crippen molar-refractivity contribution in [2.24, 2.45) is 0 Å². The molecule has 162 valence electrons. The van der Waals surface area contributed by atoms with E-state index in [4.69, 9.17) is 21.5 Å². The highest BCUT2D eigenvalue weighted by Crippen LogP contribution is 2.31. The molecule has 2 aromatic rings. The maximum atomic E-state index is 14.1. The van der Waals surface area contributed by atoms with Gasteiger partial charge in [0.25, 0.3) is 0 Å². The molecular weight excluding hydrogens is 425 g/mol. The second-order valence-electron chi connectivity index (χ2n) is 6.61. The van der Waals surface area contributed by atoms with E-state index in [-0.39, 0.29) is 28.4 Å². The molecule has 0 spiro atoms. The van der Waals surface area contributed by atoms with Crippen LogP contribution in [0.2, 0.25) is 5.02 Å². The molecule has 1 fully saturated rings. The smallest absolute Gasteiger partial charge is 0.475 e. The van der Waals surface area contributed by atoms with E-state index in [0.717, 1.165) is 6.54 Å². The Morgan fingerprint density at radius 1 is 1.45 bits per heavy atom. The number of carbonyl (C=O) groups is 1. The number of nitrogens with one attached hydrogen (secondary N) is 2. The Balaban J connectivity index is 0.000000370. The van der Waals surface area contributed by atoms with Crippen molar-refractivity contribution in [3.63, 3.8) is 0 Å². The van der Waals surface area contributed by atoms with Gasteiger partial charge in [-0.05, 0) is 18.9 Å². The summed E-state index contributed by atoms with van der Waals surface area (Å²) in [6.45, 7) is 4.86. The molecule has 2 atom stereocenters. The molecular formula is C16H19ClF5N5O2. The summed E-state index contributed by atoms with van der Waals surface area (Å²) in [5, 5.41) is 17.5. The minimum Gasteiger partial charge on any atom is -0.475 e. The van der Waals surface area contributed by atoms with Gasteiger partial charge in [0.2, 0.25) is 5.95 Å². The molecule has 0 unspecified atom stereocenters. The zero-order valence-electron chi connectivity index (χ0n) is 15.4. The van der Waals surface area contributed by atoms with Crippen molar-refractivity contribution in [3.8, 4) is 0 Å². The first-order valence-electron chi connectivity index (χ1n) is 8.57. The van der Waals surface area contributed by atoms with E-state index >= 15 is 0 Å². The number of rotatable bonds is 3. The van der Waals surface area contributed by atoms with E-state index in [1.165, 1.54) is 10.7 Å². The molecule has 0 aromatic carbocycles. The number of halogens is 6. The molecule has 3 N–H and O–H groups in total. The summed E-state index contributed by atoms with van der Waals surface area (Å²) in [5.74, 6) is -3.01. The van der Waals surface area contributed by atoms with Crippen molar-refractivity contribution in [2.75, 3.05) is 18.4 Å². The number of piperidine rings is 1. The van der Waals surface area contributed by atoms with E-state index in [0.29, 0.717) is 18.7 Å². The van der Waals surface area contributed by atoms with Gasteiger partial charge in [-0.15, -0.1) is 5.10 Å². The predicted octanol–water partition coefficient (Wildman–Crippen LogP) is 3.39. The summed E-state index contributed by atoms with van der Waals surface area (Å²) in [6, 6.07) is -0.350. The average molecular weight is 444 g/mol. The topological polar surface area (TPSA) is 91.5 Å². The van der Waals surface area contributed by atoms with Gasteiger partial charge in [-0.25, -0.2) is 23.1 Å². The Labute approximate surface area is 167 Å². The fourth-order valence-corrected chi connectivity index (χ4v) is 3.11. The zero-order chi connectivity index (χ0) is 21.9. The van der Waals surface area contributed by atoms with E-state index < -0.39 is 24.1 Å². The molecule has 13 heteroatoms. The van der Waals surface area contributed by atoms with Crippen molar-refractivity contribution in [2.45, 2.75) is 44.6 Å². The summed E-state index contributed by atoms with van der Waals surface area (Å²) >= 11 is 6.05. The summed E-state index contributed by atoms with van der Waals surface area (Å²) < 4.78 is 61.2. The van der Waals surface area contributed by atoms with Gasteiger partial charge in [0, 0.05) is 6.54 Å². The van der Waals surface area contributed by atoms with Gasteiger partial charge >= 0.3 is 12.1 Å². The van der Waals surface area contributed by atoms with Crippen molar-refractivity contribution in [1.82, 2.24) is 19.9 Å². The number of aliphatic carboxylic acids is 1. The number of aromatic nitrogens is 3. The first kappa shape index (κ1) is 23.1. The standard InChI is InChI=1S/C14H18ClF2N5.C2HF3O2/c1-7(2)13-11(15)12(17)10-6-19-14(21-22(10)13)20-9-3-4-18-5-8(9)16;3-2(4,5)1(6)7/h6-9,18H,3-5H2,1-2H3,(H,20,21);(H,6,7)/t8-,9-;/m1./s1. The largest absolute Gasteiger partial charge is 0.490 e. The van der Waals surface area contributed by atoms with Crippen LogP contribution in [-0.4, -0.2) is 57.2 Å². The lowest BCUT2D eigenvalue weighted by Crippen LogP contribution is -2.45. The number of nitrogens with zero attached hydrogens (tertiary/aromatic N) is 3. The van der Waals surface area contributed by atoms with Gasteiger partial charge in [0.1, 0.15) is 16.7 Å². The molecule has 1 aliphatic heterocycles.